The molecule has 148 valence electrons. The lowest BCUT2D eigenvalue weighted by Crippen LogP contribution is -2.49. The maximum absolute atomic E-state index is 12.4. The summed E-state index contributed by atoms with van der Waals surface area (Å²) in [6.07, 6.45) is 0.454. The van der Waals surface area contributed by atoms with E-state index in [1.807, 2.05) is 32.0 Å². The molecule has 3 nitrogen and oxygen atoms in total. The fourth-order valence-electron chi connectivity index (χ4n) is 2.76. The fourth-order valence-corrected chi connectivity index (χ4v) is 4.24. The van der Waals surface area contributed by atoms with Crippen molar-refractivity contribution in [1.82, 2.24) is 0 Å². The summed E-state index contributed by atoms with van der Waals surface area (Å²) in [6, 6.07) is 10.2. The summed E-state index contributed by atoms with van der Waals surface area (Å²) in [5, 5.41) is 0.116. The van der Waals surface area contributed by atoms with Gasteiger partial charge in [-0.15, -0.1) is 0 Å². The van der Waals surface area contributed by atoms with Gasteiger partial charge in [0.2, 0.25) is 0 Å². The molecule has 1 rings (SSSR count). The Morgan fingerprint density at radius 3 is 2.19 bits per heavy atom. The van der Waals surface area contributed by atoms with Crippen LogP contribution in [0.4, 0.5) is 0 Å². The highest BCUT2D eigenvalue weighted by Crippen LogP contribution is 2.39. The van der Waals surface area contributed by atoms with E-state index in [1.165, 1.54) is 5.56 Å². The summed E-state index contributed by atoms with van der Waals surface area (Å²) < 4.78 is 12.6. The van der Waals surface area contributed by atoms with Crippen LogP contribution in [0, 0.1) is 11.8 Å². The van der Waals surface area contributed by atoms with Crippen LogP contribution < -0.4 is 0 Å². The SMILES string of the molecule is CCC(=O)[C@H](C)[C@H](O[Si](C)(C)C(C)(C)C)[C@H](C)COCc1ccccc1. The normalized spacial score (nSPS) is 16.2. The molecule has 3 atom stereocenters. The molecule has 0 aliphatic carbocycles. The lowest BCUT2D eigenvalue weighted by molar-refractivity contribution is -0.126. The second-order valence-corrected chi connectivity index (χ2v) is 13.7. The molecule has 1 aromatic carbocycles. The third-order valence-electron chi connectivity index (χ3n) is 5.64. The number of hydrogen-bond donors (Lipinski definition) is 0. The zero-order chi connectivity index (χ0) is 20.0. The Bertz CT molecular complexity index is 548. The van der Waals surface area contributed by atoms with Crippen molar-refractivity contribution in [2.45, 2.75) is 78.8 Å². The maximum atomic E-state index is 12.4. The van der Waals surface area contributed by atoms with Gasteiger partial charge in [-0.05, 0) is 23.7 Å². The smallest absolute Gasteiger partial charge is 0.192 e. The molecule has 0 amide bonds. The van der Waals surface area contributed by atoms with E-state index in [4.69, 9.17) is 9.16 Å². The summed E-state index contributed by atoms with van der Waals surface area (Å²) in [5.41, 5.74) is 1.17. The Kier molecular flexibility index (Phi) is 8.71. The molecule has 1 aromatic rings. The average molecular weight is 379 g/mol. The van der Waals surface area contributed by atoms with E-state index in [9.17, 15) is 4.79 Å². The van der Waals surface area contributed by atoms with Crippen molar-refractivity contribution in [3.05, 3.63) is 35.9 Å². The van der Waals surface area contributed by atoms with E-state index in [1.54, 1.807) is 0 Å². The highest BCUT2D eigenvalue weighted by atomic mass is 28.4. The third-order valence-corrected chi connectivity index (χ3v) is 10.1. The molecule has 0 N–H and O–H groups in total. The van der Waals surface area contributed by atoms with Crippen LogP contribution in [0.25, 0.3) is 0 Å². The Labute approximate surface area is 161 Å². The van der Waals surface area contributed by atoms with Crippen LogP contribution >= 0.6 is 0 Å². The van der Waals surface area contributed by atoms with Gasteiger partial charge >= 0.3 is 0 Å². The number of Topliss-reactive ketones (excluding diaryl/α,β-unsaturated/α-hetero) is 1. The molecule has 0 fully saturated rings. The molecule has 26 heavy (non-hydrogen) atoms. The molecule has 0 saturated carbocycles. The van der Waals surface area contributed by atoms with Gasteiger partial charge < -0.3 is 9.16 Å². The lowest BCUT2D eigenvalue weighted by atomic mass is 9.90. The van der Waals surface area contributed by atoms with E-state index >= 15 is 0 Å². The number of carbonyl (C=O) groups is 1. The van der Waals surface area contributed by atoms with Crippen LogP contribution in [0.3, 0.4) is 0 Å². The van der Waals surface area contributed by atoms with Gasteiger partial charge in [-0.2, -0.15) is 0 Å². The first-order chi connectivity index (χ1) is 12.0. The summed E-state index contributed by atoms with van der Waals surface area (Å²) in [6.45, 7) is 18.5. The van der Waals surface area contributed by atoms with Crippen LogP contribution in [0.2, 0.25) is 18.1 Å². The van der Waals surface area contributed by atoms with Gasteiger partial charge in [-0.25, -0.2) is 0 Å². The predicted molar refractivity (Wildman–Crippen MR) is 112 cm³/mol. The van der Waals surface area contributed by atoms with Gasteiger partial charge in [0.1, 0.15) is 5.78 Å². The molecule has 0 aliphatic heterocycles. The minimum Gasteiger partial charge on any atom is -0.413 e. The molecule has 0 saturated heterocycles. The maximum Gasteiger partial charge on any atom is 0.192 e. The summed E-state index contributed by atoms with van der Waals surface area (Å²) in [5.74, 6) is 0.325. The van der Waals surface area contributed by atoms with Gasteiger partial charge in [-0.1, -0.05) is 71.9 Å². The van der Waals surface area contributed by atoms with Gasteiger partial charge in [0, 0.05) is 18.3 Å². The van der Waals surface area contributed by atoms with Crippen LogP contribution in [0.5, 0.6) is 0 Å². The Balaban J connectivity index is 2.81. The van der Waals surface area contributed by atoms with Crippen molar-refractivity contribution in [1.29, 1.82) is 0 Å². The number of carbonyl (C=O) groups excluding carboxylic acids is 1. The predicted octanol–water partition coefficient (Wildman–Crippen LogP) is 5.84. The topological polar surface area (TPSA) is 35.5 Å². The molecule has 0 heterocycles. The van der Waals surface area contributed by atoms with E-state index in [2.05, 4.69) is 52.9 Å². The van der Waals surface area contributed by atoms with Gasteiger partial charge in [0.15, 0.2) is 8.32 Å². The third kappa shape index (κ3) is 6.64. The number of rotatable bonds is 10. The van der Waals surface area contributed by atoms with Crippen molar-refractivity contribution in [3.8, 4) is 0 Å². The molecule has 4 heteroatoms. The standard InChI is InChI=1S/C22H38O3Si/c1-9-20(23)18(3)21(25-26(7,8)22(4,5)6)17(2)15-24-16-19-13-11-10-12-14-19/h10-14,17-18,21H,9,15-16H2,1-8H3/t17-,18+,21-/m1/s1. The van der Waals surface area contributed by atoms with Crippen LogP contribution in [0.1, 0.15) is 53.5 Å². The molecule has 0 unspecified atom stereocenters. The minimum atomic E-state index is -1.96. The van der Waals surface area contributed by atoms with Gasteiger partial charge in [0.25, 0.3) is 0 Å². The quantitative estimate of drug-likeness (QED) is 0.479. The van der Waals surface area contributed by atoms with E-state index in [0.29, 0.717) is 19.6 Å². The summed E-state index contributed by atoms with van der Waals surface area (Å²) in [7, 11) is -1.96. The molecular weight excluding hydrogens is 340 g/mol. The first-order valence-corrected chi connectivity index (χ1v) is 12.7. The van der Waals surface area contributed by atoms with Crippen LogP contribution in [0.15, 0.2) is 30.3 Å². The van der Waals surface area contributed by atoms with E-state index < -0.39 is 8.32 Å². The van der Waals surface area contributed by atoms with Crippen molar-refractivity contribution in [2.75, 3.05) is 6.61 Å². The second-order valence-electron chi connectivity index (χ2n) is 8.93. The van der Waals surface area contributed by atoms with Gasteiger partial charge in [-0.3, -0.25) is 4.79 Å². The minimum absolute atomic E-state index is 0.0980. The zero-order valence-electron chi connectivity index (χ0n) is 18.0. The highest BCUT2D eigenvalue weighted by molar-refractivity contribution is 6.74. The Morgan fingerprint density at radius 1 is 1.12 bits per heavy atom. The Morgan fingerprint density at radius 2 is 1.69 bits per heavy atom. The lowest BCUT2D eigenvalue weighted by Gasteiger charge is -2.42. The van der Waals surface area contributed by atoms with Crippen molar-refractivity contribution in [3.63, 3.8) is 0 Å². The van der Waals surface area contributed by atoms with Gasteiger partial charge in [0.05, 0.1) is 19.3 Å². The number of ether oxygens (including phenoxy) is 1. The van der Waals surface area contributed by atoms with Crippen LogP contribution in [-0.4, -0.2) is 26.8 Å². The monoisotopic (exact) mass is 378 g/mol. The number of ketones is 1. The molecule has 0 spiro atoms. The first-order valence-electron chi connectivity index (χ1n) is 9.81. The highest BCUT2D eigenvalue weighted by Gasteiger charge is 2.42. The molecule has 0 radical (unpaired) electrons. The van der Waals surface area contributed by atoms with Crippen molar-refractivity contribution < 1.29 is 14.0 Å². The number of benzene rings is 1. The average Bonchev–Trinajstić information content (AvgIpc) is 2.58. The first kappa shape index (κ1) is 23.1. The largest absolute Gasteiger partial charge is 0.413 e. The second kappa shape index (κ2) is 9.82. The molecule has 0 aliphatic rings. The molecule has 0 bridgehead atoms. The van der Waals surface area contributed by atoms with Crippen molar-refractivity contribution in [2.24, 2.45) is 11.8 Å². The summed E-state index contributed by atoms with van der Waals surface area (Å²) >= 11 is 0. The van der Waals surface area contributed by atoms with E-state index in [-0.39, 0.29) is 28.8 Å². The number of hydrogen-bond acceptors (Lipinski definition) is 3. The Hall–Kier alpha value is -0.973. The molecular formula is C22H38O3Si. The summed E-state index contributed by atoms with van der Waals surface area (Å²) in [4.78, 5) is 12.4. The fraction of sp³-hybridized carbons (Fsp3) is 0.682. The molecule has 0 aromatic heterocycles. The van der Waals surface area contributed by atoms with E-state index in [0.717, 1.165) is 0 Å². The zero-order valence-corrected chi connectivity index (χ0v) is 19.0. The van der Waals surface area contributed by atoms with Crippen molar-refractivity contribution >= 4 is 14.1 Å². The van der Waals surface area contributed by atoms with Crippen LogP contribution in [-0.2, 0) is 20.6 Å².